The SMILES string of the molecule is Cc1ccncc1NC(=O)CCc1nc2cc(S(=O)(=O)N(C)C)ccc2n1C. The van der Waals surface area contributed by atoms with Crippen LogP contribution in [0.1, 0.15) is 17.8 Å². The van der Waals surface area contributed by atoms with Crippen LogP contribution in [-0.4, -0.2) is 47.3 Å². The first-order valence-electron chi connectivity index (χ1n) is 8.78. The van der Waals surface area contributed by atoms with Gasteiger partial charge in [-0.25, -0.2) is 17.7 Å². The Balaban J connectivity index is 1.77. The Morgan fingerprint density at radius 2 is 2.00 bits per heavy atom. The fourth-order valence-electron chi connectivity index (χ4n) is 2.86. The van der Waals surface area contributed by atoms with Crippen molar-refractivity contribution in [3.8, 4) is 0 Å². The molecule has 0 unspecified atom stereocenters. The average Bonchev–Trinajstić information content (AvgIpc) is 2.97. The van der Waals surface area contributed by atoms with Gasteiger partial charge in [0.05, 0.1) is 27.8 Å². The fourth-order valence-corrected chi connectivity index (χ4v) is 3.78. The second kappa shape index (κ2) is 7.69. The maximum absolute atomic E-state index is 12.3. The first kappa shape index (κ1) is 20.0. The minimum Gasteiger partial charge on any atom is -0.331 e. The van der Waals surface area contributed by atoms with Crippen LogP contribution < -0.4 is 5.32 Å². The van der Waals surface area contributed by atoms with Crippen molar-refractivity contribution >= 4 is 32.7 Å². The summed E-state index contributed by atoms with van der Waals surface area (Å²) in [7, 11) is 1.32. The molecule has 1 aromatic carbocycles. The Morgan fingerprint density at radius 1 is 1.25 bits per heavy atom. The van der Waals surface area contributed by atoms with Gasteiger partial charge in [0, 0.05) is 40.2 Å². The molecule has 8 nitrogen and oxygen atoms in total. The van der Waals surface area contributed by atoms with Crippen LogP contribution in [0.3, 0.4) is 0 Å². The van der Waals surface area contributed by atoms with Crippen LogP contribution in [0.2, 0.25) is 0 Å². The number of anilines is 1. The second-order valence-electron chi connectivity index (χ2n) is 6.76. The molecule has 0 aliphatic heterocycles. The van der Waals surface area contributed by atoms with Crippen LogP contribution in [0.5, 0.6) is 0 Å². The largest absolute Gasteiger partial charge is 0.331 e. The molecule has 0 bridgehead atoms. The number of aryl methyl sites for hydroxylation is 3. The van der Waals surface area contributed by atoms with Gasteiger partial charge in [-0.2, -0.15) is 0 Å². The molecule has 148 valence electrons. The molecule has 1 N–H and O–H groups in total. The smallest absolute Gasteiger partial charge is 0.242 e. The molecule has 9 heteroatoms. The van der Waals surface area contributed by atoms with Crippen molar-refractivity contribution in [3.05, 3.63) is 48.0 Å². The van der Waals surface area contributed by atoms with Gasteiger partial charge in [-0.1, -0.05) is 0 Å². The number of aromatic nitrogens is 3. The predicted octanol–water partition coefficient (Wildman–Crippen LogP) is 2.10. The summed E-state index contributed by atoms with van der Waals surface area (Å²) in [6, 6.07) is 6.70. The zero-order valence-electron chi connectivity index (χ0n) is 16.3. The van der Waals surface area contributed by atoms with Gasteiger partial charge in [0.2, 0.25) is 15.9 Å². The van der Waals surface area contributed by atoms with E-state index in [1.165, 1.54) is 18.4 Å². The summed E-state index contributed by atoms with van der Waals surface area (Å²) in [5, 5.41) is 2.85. The molecule has 3 rings (SSSR count). The Bertz CT molecular complexity index is 1140. The summed E-state index contributed by atoms with van der Waals surface area (Å²) >= 11 is 0. The molecule has 28 heavy (non-hydrogen) atoms. The fraction of sp³-hybridized carbons (Fsp3) is 0.316. The van der Waals surface area contributed by atoms with E-state index >= 15 is 0 Å². The van der Waals surface area contributed by atoms with E-state index in [1.54, 1.807) is 30.6 Å². The minimum atomic E-state index is -3.52. The molecule has 0 saturated carbocycles. The zero-order valence-corrected chi connectivity index (χ0v) is 17.1. The number of nitrogens with one attached hydrogen (secondary N) is 1. The molecular formula is C19H23N5O3S. The number of carbonyl (C=O) groups is 1. The van der Waals surface area contributed by atoms with Crippen molar-refractivity contribution in [1.82, 2.24) is 18.8 Å². The number of hydrogen-bond donors (Lipinski definition) is 1. The van der Waals surface area contributed by atoms with E-state index in [2.05, 4.69) is 15.3 Å². The van der Waals surface area contributed by atoms with E-state index in [-0.39, 0.29) is 17.2 Å². The molecule has 0 atom stereocenters. The van der Waals surface area contributed by atoms with Crippen LogP contribution in [0.15, 0.2) is 41.6 Å². The van der Waals surface area contributed by atoms with Crippen LogP contribution in [-0.2, 0) is 28.3 Å². The maximum atomic E-state index is 12.3. The van der Waals surface area contributed by atoms with Crippen molar-refractivity contribution in [1.29, 1.82) is 0 Å². The van der Waals surface area contributed by atoms with Crippen LogP contribution in [0, 0.1) is 6.92 Å². The number of pyridine rings is 1. The minimum absolute atomic E-state index is 0.126. The van der Waals surface area contributed by atoms with Gasteiger partial charge in [0.25, 0.3) is 0 Å². The number of sulfonamides is 1. The number of fused-ring (bicyclic) bond motifs is 1. The van der Waals surface area contributed by atoms with Gasteiger partial charge in [-0.3, -0.25) is 9.78 Å². The highest BCUT2D eigenvalue weighted by molar-refractivity contribution is 7.89. The van der Waals surface area contributed by atoms with E-state index in [4.69, 9.17) is 0 Å². The number of imidazole rings is 1. The Hall–Kier alpha value is -2.78. The lowest BCUT2D eigenvalue weighted by molar-refractivity contribution is -0.116. The highest BCUT2D eigenvalue weighted by atomic mass is 32.2. The molecule has 2 heterocycles. The molecular weight excluding hydrogens is 378 g/mol. The van der Waals surface area contributed by atoms with Crippen molar-refractivity contribution in [3.63, 3.8) is 0 Å². The summed E-state index contributed by atoms with van der Waals surface area (Å²) in [4.78, 5) is 21.0. The zero-order chi connectivity index (χ0) is 20.5. The summed E-state index contributed by atoms with van der Waals surface area (Å²) in [6.45, 7) is 1.90. The Kier molecular flexibility index (Phi) is 5.48. The monoisotopic (exact) mass is 401 g/mol. The van der Waals surface area contributed by atoms with E-state index in [0.717, 1.165) is 11.1 Å². The normalized spacial score (nSPS) is 11.9. The maximum Gasteiger partial charge on any atom is 0.242 e. The van der Waals surface area contributed by atoms with Crippen LogP contribution in [0.4, 0.5) is 5.69 Å². The third-order valence-electron chi connectivity index (χ3n) is 4.61. The highest BCUT2D eigenvalue weighted by Gasteiger charge is 2.19. The summed E-state index contributed by atoms with van der Waals surface area (Å²) in [5.41, 5.74) is 3.04. The molecule has 3 aromatic rings. The van der Waals surface area contributed by atoms with Gasteiger partial charge < -0.3 is 9.88 Å². The van der Waals surface area contributed by atoms with E-state index in [0.29, 0.717) is 23.4 Å². The van der Waals surface area contributed by atoms with E-state index in [1.807, 2.05) is 24.6 Å². The second-order valence-corrected chi connectivity index (χ2v) is 8.92. The summed E-state index contributed by atoms with van der Waals surface area (Å²) < 4.78 is 27.7. The van der Waals surface area contributed by atoms with Gasteiger partial charge in [-0.15, -0.1) is 0 Å². The van der Waals surface area contributed by atoms with E-state index < -0.39 is 10.0 Å². The van der Waals surface area contributed by atoms with Crippen LogP contribution in [0.25, 0.3) is 11.0 Å². The third kappa shape index (κ3) is 3.90. The van der Waals surface area contributed by atoms with Crippen molar-refractivity contribution in [2.45, 2.75) is 24.7 Å². The lowest BCUT2D eigenvalue weighted by Crippen LogP contribution is -2.22. The lowest BCUT2D eigenvalue weighted by atomic mass is 10.2. The van der Waals surface area contributed by atoms with E-state index in [9.17, 15) is 13.2 Å². The number of hydrogen-bond acceptors (Lipinski definition) is 5. The molecule has 2 aromatic heterocycles. The number of rotatable bonds is 6. The summed E-state index contributed by atoms with van der Waals surface area (Å²) in [5.74, 6) is 0.589. The highest BCUT2D eigenvalue weighted by Crippen LogP contribution is 2.22. The summed E-state index contributed by atoms with van der Waals surface area (Å²) in [6.07, 6.45) is 3.99. The standard InChI is InChI=1S/C19H23N5O3S/c1-13-9-10-20-12-16(13)22-19(25)8-7-18-21-15-11-14(28(26,27)23(2)3)5-6-17(15)24(18)4/h5-6,9-12H,7-8H2,1-4H3,(H,22,25). The lowest BCUT2D eigenvalue weighted by Gasteiger charge is -2.10. The van der Waals surface area contributed by atoms with Gasteiger partial charge in [0.1, 0.15) is 5.82 Å². The quantitative estimate of drug-likeness (QED) is 0.682. The number of carbonyl (C=O) groups excluding carboxylic acids is 1. The molecule has 0 aliphatic rings. The van der Waals surface area contributed by atoms with Crippen LogP contribution >= 0.6 is 0 Å². The topological polar surface area (TPSA) is 97.2 Å². The number of nitrogens with zero attached hydrogens (tertiary/aromatic N) is 4. The first-order chi connectivity index (χ1) is 13.2. The van der Waals surface area contributed by atoms with Crippen molar-refractivity contribution in [2.24, 2.45) is 7.05 Å². The molecule has 0 spiro atoms. The molecule has 0 saturated heterocycles. The molecule has 0 aliphatic carbocycles. The Morgan fingerprint density at radius 3 is 2.68 bits per heavy atom. The van der Waals surface area contributed by atoms with Crippen molar-refractivity contribution in [2.75, 3.05) is 19.4 Å². The molecule has 0 radical (unpaired) electrons. The molecule has 1 amide bonds. The number of benzene rings is 1. The van der Waals surface area contributed by atoms with Gasteiger partial charge in [0.15, 0.2) is 0 Å². The first-order valence-corrected chi connectivity index (χ1v) is 10.2. The predicted molar refractivity (Wildman–Crippen MR) is 108 cm³/mol. The van der Waals surface area contributed by atoms with Gasteiger partial charge in [-0.05, 0) is 36.8 Å². The van der Waals surface area contributed by atoms with Crippen molar-refractivity contribution < 1.29 is 13.2 Å². The average molecular weight is 401 g/mol. The third-order valence-corrected chi connectivity index (χ3v) is 6.42. The molecule has 0 fully saturated rings. The Labute approximate surface area is 164 Å². The van der Waals surface area contributed by atoms with Gasteiger partial charge >= 0.3 is 0 Å². The number of amides is 1.